The van der Waals surface area contributed by atoms with Crippen molar-refractivity contribution in [3.05, 3.63) is 57.7 Å². The average molecular weight is 365 g/mol. The second-order valence-corrected chi connectivity index (χ2v) is 6.18. The fourth-order valence-corrected chi connectivity index (χ4v) is 3.07. The van der Waals surface area contributed by atoms with Crippen LogP contribution in [0.15, 0.2) is 47.1 Å². The first kappa shape index (κ1) is 14.4. The molecule has 0 amide bonds. The zero-order valence-electron chi connectivity index (χ0n) is 11.5. The molecule has 0 aliphatic carbocycles. The molecule has 3 aromatic rings. The molecule has 1 heterocycles. The van der Waals surface area contributed by atoms with Gasteiger partial charge < -0.3 is 15.6 Å². The van der Waals surface area contributed by atoms with E-state index in [0.717, 1.165) is 27.9 Å². The van der Waals surface area contributed by atoms with Gasteiger partial charge in [0.15, 0.2) is 0 Å². The van der Waals surface area contributed by atoms with Crippen LogP contribution < -0.4 is 10.6 Å². The highest BCUT2D eigenvalue weighted by atomic mass is 79.9. The van der Waals surface area contributed by atoms with E-state index >= 15 is 0 Å². The van der Waals surface area contributed by atoms with E-state index in [4.69, 9.17) is 11.6 Å². The highest BCUT2D eigenvalue weighted by molar-refractivity contribution is 9.10. The standard InChI is InChI=1S/C16H15BrClN3/c1-19-8-10-9-20-16-7-12(3-4-13(10)16)21-15-5-2-11(17)6-14(15)18/h2-7,9,19-21H,8H2,1H3. The van der Waals surface area contributed by atoms with Crippen LogP contribution in [-0.2, 0) is 6.54 Å². The number of aromatic nitrogens is 1. The molecule has 0 aliphatic heterocycles. The van der Waals surface area contributed by atoms with Gasteiger partial charge in [0.25, 0.3) is 0 Å². The Hall–Kier alpha value is -1.49. The Kier molecular flexibility index (Phi) is 4.19. The zero-order chi connectivity index (χ0) is 14.8. The van der Waals surface area contributed by atoms with Crippen LogP contribution in [0.4, 0.5) is 11.4 Å². The molecule has 0 atom stereocenters. The lowest BCUT2D eigenvalue weighted by Gasteiger charge is -2.09. The third kappa shape index (κ3) is 3.07. The first-order valence-corrected chi connectivity index (χ1v) is 7.81. The minimum absolute atomic E-state index is 0.687. The van der Waals surface area contributed by atoms with Crippen LogP contribution in [0.2, 0.25) is 5.02 Å². The molecular formula is C16H15BrClN3. The van der Waals surface area contributed by atoms with Gasteiger partial charge in [-0.3, -0.25) is 0 Å². The van der Waals surface area contributed by atoms with Crippen molar-refractivity contribution in [2.75, 3.05) is 12.4 Å². The number of halogens is 2. The Labute approximate surface area is 136 Å². The summed E-state index contributed by atoms with van der Waals surface area (Å²) >= 11 is 9.64. The van der Waals surface area contributed by atoms with E-state index in [0.29, 0.717) is 5.02 Å². The van der Waals surface area contributed by atoms with Gasteiger partial charge in [0.2, 0.25) is 0 Å². The zero-order valence-corrected chi connectivity index (χ0v) is 13.8. The SMILES string of the molecule is CNCc1c[nH]c2cc(Nc3ccc(Br)cc3Cl)ccc12. The smallest absolute Gasteiger partial charge is 0.0652 e. The molecule has 108 valence electrons. The fraction of sp³-hybridized carbons (Fsp3) is 0.125. The summed E-state index contributed by atoms with van der Waals surface area (Å²) < 4.78 is 0.967. The molecule has 0 radical (unpaired) electrons. The van der Waals surface area contributed by atoms with Crippen LogP contribution in [0, 0.1) is 0 Å². The number of H-pyrrole nitrogens is 1. The van der Waals surface area contributed by atoms with Gasteiger partial charge >= 0.3 is 0 Å². The summed E-state index contributed by atoms with van der Waals surface area (Å²) in [6.07, 6.45) is 2.04. The quantitative estimate of drug-likeness (QED) is 0.606. The van der Waals surface area contributed by atoms with Crippen LogP contribution in [0.5, 0.6) is 0 Å². The molecule has 0 saturated carbocycles. The van der Waals surface area contributed by atoms with Crippen molar-refractivity contribution in [1.82, 2.24) is 10.3 Å². The number of hydrogen-bond donors (Lipinski definition) is 3. The van der Waals surface area contributed by atoms with Gasteiger partial charge in [-0.15, -0.1) is 0 Å². The van der Waals surface area contributed by atoms with Crippen molar-refractivity contribution in [3.8, 4) is 0 Å². The van der Waals surface area contributed by atoms with Crippen LogP contribution >= 0.6 is 27.5 Å². The Morgan fingerprint density at radius 3 is 2.81 bits per heavy atom. The predicted octanol–water partition coefficient (Wildman–Crippen LogP) is 5.05. The number of rotatable bonds is 4. The number of nitrogens with one attached hydrogen (secondary N) is 3. The molecule has 1 aromatic heterocycles. The summed E-state index contributed by atoms with van der Waals surface area (Å²) in [6, 6.07) is 12.1. The van der Waals surface area contributed by atoms with Crippen LogP contribution in [0.25, 0.3) is 10.9 Å². The summed E-state index contributed by atoms with van der Waals surface area (Å²) in [6.45, 7) is 0.852. The second-order valence-electron chi connectivity index (χ2n) is 4.85. The summed E-state index contributed by atoms with van der Waals surface area (Å²) in [5.41, 5.74) is 4.27. The van der Waals surface area contributed by atoms with Gasteiger partial charge in [0.05, 0.1) is 10.7 Å². The molecule has 21 heavy (non-hydrogen) atoms. The predicted molar refractivity (Wildman–Crippen MR) is 93.5 cm³/mol. The van der Waals surface area contributed by atoms with Gasteiger partial charge in [-0.1, -0.05) is 33.6 Å². The Morgan fingerprint density at radius 2 is 2.05 bits per heavy atom. The molecule has 5 heteroatoms. The van der Waals surface area contributed by atoms with Crippen LogP contribution in [0.3, 0.4) is 0 Å². The van der Waals surface area contributed by atoms with E-state index in [2.05, 4.69) is 49.7 Å². The summed E-state index contributed by atoms with van der Waals surface area (Å²) in [4.78, 5) is 3.30. The molecular weight excluding hydrogens is 350 g/mol. The number of hydrogen-bond acceptors (Lipinski definition) is 2. The highest BCUT2D eigenvalue weighted by Crippen LogP contribution is 2.30. The van der Waals surface area contributed by atoms with Gasteiger partial charge in [0, 0.05) is 33.8 Å². The summed E-state index contributed by atoms with van der Waals surface area (Å²) in [5, 5.41) is 8.44. The normalized spacial score (nSPS) is 11.0. The van der Waals surface area contributed by atoms with Crippen molar-refractivity contribution in [1.29, 1.82) is 0 Å². The molecule has 2 aromatic carbocycles. The van der Waals surface area contributed by atoms with Crippen LogP contribution in [-0.4, -0.2) is 12.0 Å². The molecule has 3 nitrogen and oxygen atoms in total. The minimum Gasteiger partial charge on any atom is -0.361 e. The maximum Gasteiger partial charge on any atom is 0.0652 e. The van der Waals surface area contributed by atoms with Crippen molar-refractivity contribution >= 4 is 49.8 Å². The lowest BCUT2D eigenvalue weighted by atomic mass is 10.1. The van der Waals surface area contributed by atoms with Gasteiger partial charge in [-0.25, -0.2) is 0 Å². The molecule has 0 aliphatic rings. The van der Waals surface area contributed by atoms with Gasteiger partial charge in [0.1, 0.15) is 0 Å². The van der Waals surface area contributed by atoms with E-state index in [1.807, 2.05) is 31.4 Å². The van der Waals surface area contributed by atoms with Crippen molar-refractivity contribution in [2.24, 2.45) is 0 Å². The minimum atomic E-state index is 0.687. The highest BCUT2D eigenvalue weighted by Gasteiger charge is 2.05. The monoisotopic (exact) mass is 363 g/mol. The Bertz CT molecular complexity index is 782. The third-order valence-electron chi connectivity index (χ3n) is 3.34. The largest absolute Gasteiger partial charge is 0.361 e. The molecule has 3 N–H and O–H groups in total. The number of benzene rings is 2. The topological polar surface area (TPSA) is 39.9 Å². The first-order chi connectivity index (χ1) is 10.2. The molecule has 0 bridgehead atoms. The molecule has 0 saturated heterocycles. The fourth-order valence-electron chi connectivity index (χ4n) is 2.35. The molecule has 0 unspecified atom stereocenters. The van der Waals surface area contributed by atoms with E-state index < -0.39 is 0 Å². The van der Waals surface area contributed by atoms with Crippen molar-refractivity contribution < 1.29 is 0 Å². The average Bonchev–Trinajstić information content (AvgIpc) is 2.85. The van der Waals surface area contributed by atoms with E-state index in [1.54, 1.807) is 0 Å². The lowest BCUT2D eigenvalue weighted by molar-refractivity contribution is 0.823. The van der Waals surface area contributed by atoms with Crippen LogP contribution in [0.1, 0.15) is 5.56 Å². The molecule has 3 rings (SSSR count). The Morgan fingerprint density at radius 1 is 1.19 bits per heavy atom. The number of anilines is 2. The molecule has 0 spiro atoms. The van der Waals surface area contributed by atoms with E-state index in [9.17, 15) is 0 Å². The third-order valence-corrected chi connectivity index (χ3v) is 4.15. The maximum absolute atomic E-state index is 6.23. The number of aromatic amines is 1. The van der Waals surface area contributed by atoms with E-state index in [1.165, 1.54) is 10.9 Å². The maximum atomic E-state index is 6.23. The number of fused-ring (bicyclic) bond motifs is 1. The first-order valence-electron chi connectivity index (χ1n) is 6.64. The van der Waals surface area contributed by atoms with Crippen molar-refractivity contribution in [3.63, 3.8) is 0 Å². The van der Waals surface area contributed by atoms with Gasteiger partial charge in [-0.05, 0) is 42.9 Å². The summed E-state index contributed by atoms with van der Waals surface area (Å²) in [5.74, 6) is 0. The molecule has 0 fully saturated rings. The van der Waals surface area contributed by atoms with Gasteiger partial charge in [-0.2, -0.15) is 0 Å². The lowest BCUT2D eigenvalue weighted by Crippen LogP contribution is -2.03. The van der Waals surface area contributed by atoms with E-state index in [-0.39, 0.29) is 0 Å². The Balaban J connectivity index is 1.91. The summed E-state index contributed by atoms with van der Waals surface area (Å²) in [7, 11) is 1.95. The van der Waals surface area contributed by atoms with Crippen molar-refractivity contribution in [2.45, 2.75) is 6.54 Å². The second kappa shape index (κ2) is 6.10.